The third-order valence-corrected chi connectivity index (χ3v) is 4.79. The van der Waals surface area contributed by atoms with E-state index in [9.17, 15) is 14.4 Å². The van der Waals surface area contributed by atoms with Gasteiger partial charge in [0.15, 0.2) is 0 Å². The van der Waals surface area contributed by atoms with Gasteiger partial charge in [0.1, 0.15) is 5.57 Å². The van der Waals surface area contributed by atoms with Crippen LogP contribution in [0.3, 0.4) is 0 Å². The average molecular weight is 361 g/mol. The van der Waals surface area contributed by atoms with E-state index in [2.05, 4.69) is 10.2 Å². The van der Waals surface area contributed by atoms with E-state index in [1.807, 2.05) is 24.3 Å². The van der Waals surface area contributed by atoms with Crippen LogP contribution in [0.2, 0.25) is 0 Å². The molecule has 6 heteroatoms. The molecule has 2 saturated heterocycles. The Balaban J connectivity index is 1.62. The summed E-state index contributed by atoms with van der Waals surface area (Å²) in [5.41, 5.74) is 2.23. The van der Waals surface area contributed by atoms with Gasteiger partial charge >= 0.3 is 6.03 Å². The third-order valence-electron chi connectivity index (χ3n) is 4.79. The van der Waals surface area contributed by atoms with Crippen LogP contribution in [0.25, 0.3) is 6.08 Å². The summed E-state index contributed by atoms with van der Waals surface area (Å²) in [7, 11) is 0. The van der Waals surface area contributed by atoms with Crippen LogP contribution in [0, 0.1) is 0 Å². The summed E-state index contributed by atoms with van der Waals surface area (Å²) in [6.45, 7) is 2.10. The average Bonchev–Trinajstić information content (AvgIpc) is 3.21. The number of barbiturate groups is 1. The zero-order chi connectivity index (χ0) is 18.8. The van der Waals surface area contributed by atoms with Gasteiger partial charge in [0.2, 0.25) is 0 Å². The molecule has 136 valence electrons. The Bertz CT molecular complexity index is 913. The van der Waals surface area contributed by atoms with Crippen molar-refractivity contribution in [2.75, 3.05) is 22.9 Å². The van der Waals surface area contributed by atoms with E-state index in [1.54, 1.807) is 30.3 Å². The molecule has 2 fully saturated rings. The number of para-hydroxylation sites is 1. The van der Waals surface area contributed by atoms with Gasteiger partial charge in [-0.15, -0.1) is 0 Å². The number of nitrogens with one attached hydrogen (secondary N) is 1. The van der Waals surface area contributed by atoms with Gasteiger partial charge in [-0.25, -0.2) is 9.69 Å². The first-order chi connectivity index (χ1) is 13.1. The molecule has 2 aromatic carbocycles. The van der Waals surface area contributed by atoms with E-state index < -0.39 is 17.8 Å². The van der Waals surface area contributed by atoms with Gasteiger partial charge in [-0.1, -0.05) is 30.3 Å². The monoisotopic (exact) mass is 361 g/mol. The molecule has 2 aliphatic heterocycles. The van der Waals surface area contributed by atoms with Crippen LogP contribution in [-0.2, 0) is 9.59 Å². The summed E-state index contributed by atoms with van der Waals surface area (Å²) in [5, 5.41) is 2.24. The molecule has 4 rings (SSSR count). The number of anilines is 2. The van der Waals surface area contributed by atoms with Crippen molar-refractivity contribution >= 4 is 35.3 Å². The van der Waals surface area contributed by atoms with E-state index in [0.29, 0.717) is 5.69 Å². The van der Waals surface area contributed by atoms with Crippen molar-refractivity contribution in [2.24, 2.45) is 0 Å². The van der Waals surface area contributed by atoms with E-state index >= 15 is 0 Å². The van der Waals surface area contributed by atoms with Crippen molar-refractivity contribution in [1.82, 2.24) is 5.32 Å². The molecular weight excluding hydrogens is 342 g/mol. The summed E-state index contributed by atoms with van der Waals surface area (Å²) >= 11 is 0. The summed E-state index contributed by atoms with van der Waals surface area (Å²) in [4.78, 5) is 40.4. The summed E-state index contributed by atoms with van der Waals surface area (Å²) in [5.74, 6) is -1.31. The first-order valence-corrected chi connectivity index (χ1v) is 8.95. The molecule has 0 aliphatic carbocycles. The predicted octanol–water partition coefficient (Wildman–Crippen LogP) is 2.95. The van der Waals surface area contributed by atoms with Crippen molar-refractivity contribution in [2.45, 2.75) is 12.8 Å². The maximum Gasteiger partial charge on any atom is 0.335 e. The number of urea groups is 1. The molecule has 0 bridgehead atoms. The zero-order valence-corrected chi connectivity index (χ0v) is 14.7. The fourth-order valence-corrected chi connectivity index (χ4v) is 3.39. The number of amides is 4. The molecule has 2 aromatic rings. The Labute approximate surface area is 157 Å². The number of rotatable bonds is 3. The van der Waals surface area contributed by atoms with Gasteiger partial charge in [0.25, 0.3) is 11.8 Å². The minimum Gasteiger partial charge on any atom is -0.372 e. The van der Waals surface area contributed by atoms with E-state index in [-0.39, 0.29) is 5.57 Å². The molecule has 0 unspecified atom stereocenters. The second kappa shape index (κ2) is 7.07. The van der Waals surface area contributed by atoms with Crippen molar-refractivity contribution < 1.29 is 14.4 Å². The van der Waals surface area contributed by atoms with Crippen LogP contribution in [0.4, 0.5) is 16.2 Å². The molecule has 2 aliphatic rings. The first-order valence-electron chi connectivity index (χ1n) is 8.95. The standard InChI is InChI=1S/C21H19N3O3/c25-19-18(14-15-8-10-16(11-9-15)23-12-4-5-13-23)20(26)24(21(27)22-19)17-6-2-1-3-7-17/h1-3,6-11,14H,4-5,12-13H2,(H,22,25,27). The van der Waals surface area contributed by atoms with E-state index in [4.69, 9.17) is 0 Å². The molecule has 2 heterocycles. The summed E-state index contributed by atoms with van der Waals surface area (Å²) in [6, 6.07) is 15.5. The largest absolute Gasteiger partial charge is 0.372 e. The predicted molar refractivity (Wildman–Crippen MR) is 103 cm³/mol. The highest BCUT2D eigenvalue weighted by Gasteiger charge is 2.36. The quantitative estimate of drug-likeness (QED) is 0.674. The van der Waals surface area contributed by atoms with Crippen LogP contribution >= 0.6 is 0 Å². The Hall–Kier alpha value is -3.41. The number of hydrogen-bond donors (Lipinski definition) is 1. The number of hydrogen-bond acceptors (Lipinski definition) is 4. The Kier molecular flexibility index (Phi) is 4.46. The number of imide groups is 2. The lowest BCUT2D eigenvalue weighted by Gasteiger charge is -2.26. The molecule has 1 N–H and O–H groups in total. The number of benzene rings is 2. The molecule has 27 heavy (non-hydrogen) atoms. The molecule has 0 atom stereocenters. The highest BCUT2D eigenvalue weighted by atomic mass is 16.2. The van der Waals surface area contributed by atoms with Gasteiger partial charge < -0.3 is 4.90 Å². The second-order valence-electron chi connectivity index (χ2n) is 6.58. The second-order valence-corrected chi connectivity index (χ2v) is 6.58. The highest BCUT2D eigenvalue weighted by Crippen LogP contribution is 2.24. The SMILES string of the molecule is O=C1NC(=O)N(c2ccccc2)C(=O)C1=Cc1ccc(N2CCCC2)cc1. The van der Waals surface area contributed by atoms with E-state index in [1.165, 1.54) is 18.9 Å². The van der Waals surface area contributed by atoms with E-state index in [0.717, 1.165) is 29.2 Å². The van der Waals surface area contributed by atoms with Crippen LogP contribution in [0.15, 0.2) is 60.2 Å². The lowest BCUT2D eigenvalue weighted by Crippen LogP contribution is -2.54. The normalized spacial score (nSPS) is 19.0. The van der Waals surface area contributed by atoms with Crippen molar-refractivity contribution in [1.29, 1.82) is 0 Å². The Morgan fingerprint density at radius 3 is 2.15 bits per heavy atom. The lowest BCUT2D eigenvalue weighted by atomic mass is 10.1. The maximum atomic E-state index is 12.8. The number of nitrogens with zero attached hydrogens (tertiary/aromatic N) is 2. The molecular formula is C21H19N3O3. The highest BCUT2D eigenvalue weighted by molar-refractivity contribution is 6.39. The topological polar surface area (TPSA) is 69.7 Å². The molecule has 4 amide bonds. The Morgan fingerprint density at radius 1 is 0.815 bits per heavy atom. The van der Waals surface area contributed by atoms with Crippen LogP contribution in [0.1, 0.15) is 18.4 Å². The minimum absolute atomic E-state index is 0.0626. The minimum atomic E-state index is -0.738. The molecule has 0 spiro atoms. The number of carbonyl (C=O) groups excluding carboxylic acids is 3. The number of carbonyl (C=O) groups is 3. The zero-order valence-electron chi connectivity index (χ0n) is 14.7. The van der Waals surface area contributed by atoms with Gasteiger partial charge in [-0.05, 0) is 48.7 Å². The molecule has 0 aromatic heterocycles. The van der Waals surface area contributed by atoms with Crippen molar-refractivity contribution in [3.8, 4) is 0 Å². The molecule has 0 saturated carbocycles. The molecule has 6 nitrogen and oxygen atoms in total. The van der Waals surface area contributed by atoms with Gasteiger partial charge in [-0.3, -0.25) is 14.9 Å². The van der Waals surface area contributed by atoms with Gasteiger partial charge in [-0.2, -0.15) is 0 Å². The van der Waals surface area contributed by atoms with Crippen molar-refractivity contribution in [3.05, 3.63) is 65.7 Å². The Morgan fingerprint density at radius 2 is 1.48 bits per heavy atom. The third kappa shape index (κ3) is 3.33. The fourth-order valence-electron chi connectivity index (χ4n) is 3.39. The smallest absolute Gasteiger partial charge is 0.335 e. The van der Waals surface area contributed by atoms with Crippen LogP contribution < -0.4 is 15.1 Å². The van der Waals surface area contributed by atoms with Crippen LogP contribution in [-0.4, -0.2) is 30.9 Å². The lowest BCUT2D eigenvalue weighted by molar-refractivity contribution is -0.122. The van der Waals surface area contributed by atoms with Crippen LogP contribution in [0.5, 0.6) is 0 Å². The fraction of sp³-hybridized carbons (Fsp3) is 0.190. The molecule has 0 radical (unpaired) electrons. The van der Waals surface area contributed by atoms with Crippen molar-refractivity contribution in [3.63, 3.8) is 0 Å². The maximum absolute atomic E-state index is 12.8. The summed E-state index contributed by atoms with van der Waals surface area (Å²) in [6.07, 6.45) is 3.92. The summed E-state index contributed by atoms with van der Waals surface area (Å²) < 4.78 is 0. The van der Waals surface area contributed by atoms with Gasteiger partial charge in [0.05, 0.1) is 5.69 Å². The first kappa shape index (κ1) is 17.0. The van der Waals surface area contributed by atoms with Gasteiger partial charge in [0, 0.05) is 18.8 Å².